The first-order chi connectivity index (χ1) is 9.18. The highest BCUT2D eigenvalue weighted by Crippen LogP contribution is 2.02. The van der Waals surface area contributed by atoms with Crippen molar-refractivity contribution in [1.82, 2.24) is 15.5 Å². The third kappa shape index (κ3) is 8.35. The number of carbonyl (C=O) groups excluding carboxylic acids is 1. The Labute approximate surface area is 116 Å². The minimum Gasteiger partial charge on any atom is -0.355 e. The highest BCUT2D eigenvalue weighted by atomic mass is 16.1. The van der Waals surface area contributed by atoms with Gasteiger partial charge in [0, 0.05) is 26.6 Å². The number of carbonyl (C=O) groups is 1. The van der Waals surface area contributed by atoms with Crippen molar-refractivity contribution in [3.05, 3.63) is 35.9 Å². The molecule has 0 unspecified atom stereocenters. The zero-order valence-corrected chi connectivity index (χ0v) is 12.0. The molecule has 0 saturated carbocycles. The number of nitrogens with one attached hydrogen (secondary N) is 2. The molecule has 0 aliphatic heterocycles. The van der Waals surface area contributed by atoms with Crippen LogP contribution in [0.2, 0.25) is 0 Å². The van der Waals surface area contributed by atoms with E-state index in [0.29, 0.717) is 6.54 Å². The second kappa shape index (κ2) is 9.53. The molecule has 19 heavy (non-hydrogen) atoms. The summed E-state index contributed by atoms with van der Waals surface area (Å²) in [6.45, 7) is 6.13. The van der Waals surface area contributed by atoms with Crippen molar-refractivity contribution in [2.45, 2.75) is 19.9 Å². The van der Waals surface area contributed by atoms with Crippen LogP contribution in [0.5, 0.6) is 0 Å². The summed E-state index contributed by atoms with van der Waals surface area (Å²) in [7, 11) is 2.14. The van der Waals surface area contributed by atoms with Crippen molar-refractivity contribution in [2.24, 2.45) is 0 Å². The lowest BCUT2D eigenvalue weighted by Crippen LogP contribution is -2.31. The topological polar surface area (TPSA) is 44.4 Å². The van der Waals surface area contributed by atoms with Crippen LogP contribution in [0.25, 0.3) is 0 Å². The van der Waals surface area contributed by atoms with E-state index in [2.05, 4.69) is 46.8 Å². The van der Waals surface area contributed by atoms with Gasteiger partial charge in [-0.05, 0) is 32.1 Å². The molecular weight excluding hydrogens is 238 g/mol. The number of benzene rings is 1. The number of nitrogens with zero attached hydrogens (tertiary/aromatic N) is 1. The number of hydrogen-bond acceptors (Lipinski definition) is 3. The first-order valence-electron chi connectivity index (χ1n) is 6.86. The SMILES string of the molecule is CC(=O)NCCNCCCN(C)Cc1ccccc1. The molecule has 4 nitrogen and oxygen atoms in total. The van der Waals surface area contributed by atoms with Crippen LogP contribution in [-0.2, 0) is 11.3 Å². The van der Waals surface area contributed by atoms with Gasteiger partial charge in [0.05, 0.1) is 0 Å². The molecular formula is C15H25N3O. The van der Waals surface area contributed by atoms with Crippen LogP contribution in [0.4, 0.5) is 0 Å². The second-order valence-electron chi connectivity index (χ2n) is 4.81. The highest BCUT2D eigenvalue weighted by molar-refractivity contribution is 5.72. The molecule has 0 aromatic heterocycles. The van der Waals surface area contributed by atoms with E-state index in [9.17, 15) is 4.79 Å². The van der Waals surface area contributed by atoms with Crippen LogP contribution in [0.3, 0.4) is 0 Å². The van der Waals surface area contributed by atoms with Crippen LogP contribution >= 0.6 is 0 Å². The first-order valence-corrected chi connectivity index (χ1v) is 6.86. The van der Waals surface area contributed by atoms with Crippen LogP contribution in [0, 0.1) is 0 Å². The van der Waals surface area contributed by atoms with Gasteiger partial charge in [-0.1, -0.05) is 30.3 Å². The summed E-state index contributed by atoms with van der Waals surface area (Å²) >= 11 is 0. The third-order valence-electron chi connectivity index (χ3n) is 2.86. The Morgan fingerprint density at radius 3 is 2.58 bits per heavy atom. The van der Waals surface area contributed by atoms with Gasteiger partial charge in [-0.2, -0.15) is 0 Å². The molecule has 0 aliphatic rings. The van der Waals surface area contributed by atoms with Gasteiger partial charge >= 0.3 is 0 Å². The summed E-state index contributed by atoms with van der Waals surface area (Å²) in [5.74, 6) is 0.0318. The van der Waals surface area contributed by atoms with Crippen molar-refractivity contribution < 1.29 is 4.79 Å². The smallest absolute Gasteiger partial charge is 0.216 e. The Kier molecular flexibility index (Phi) is 7.86. The second-order valence-corrected chi connectivity index (χ2v) is 4.81. The summed E-state index contributed by atoms with van der Waals surface area (Å²) < 4.78 is 0. The summed E-state index contributed by atoms with van der Waals surface area (Å²) in [5.41, 5.74) is 1.35. The van der Waals surface area contributed by atoms with E-state index in [-0.39, 0.29) is 5.91 Å². The molecule has 0 atom stereocenters. The molecule has 0 bridgehead atoms. The average Bonchev–Trinajstić information content (AvgIpc) is 2.38. The minimum absolute atomic E-state index is 0.0318. The molecule has 1 aromatic carbocycles. The first kappa shape index (κ1) is 15.7. The predicted octanol–water partition coefficient (Wildman–Crippen LogP) is 1.23. The van der Waals surface area contributed by atoms with Crippen molar-refractivity contribution >= 4 is 5.91 Å². The summed E-state index contributed by atoms with van der Waals surface area (Å²) in [6, 6.07) is 10.5. The van der Waals surface area contributed by atoms with E-state index in [4.69, 9.17) is 0 Å². The summed E-state index contributed by atoms with van der Waals surface area (Å²) in [4.78, 5) is 13.0. The van der Waals surface area contributed by atoms with E-state index < -0.39 is 0 Å². The Bertz CT molecular complexity index is 354. The van der Waals surface area contributed by atoms with E-state index in [1.165, 1.54) is 5.56 Å². The van der Waals surface area contributed by atoms with Crippen LogP contribution in [0.15, 0.2) is 30.3 Å². The lowest BCUT2D eigenvalue weighted by Gasteiger charge is -2.16. The predicted molar refractivity (Wildman–Crippen MR) is 78.9 cm³/mol. The van der Waals surface area contributed by atoms with Gasteiger partial charge in [-0.15, -0.1) is 0 Å². The largest absolute Gasteiger partial charge is 0.355 e. The fourth-order valence-corrected chi connectivity index (χ4v) is 1.90. The van der Waals surface area contributed by atoms with Gasteiger partial charge in [0.1, 0.15) is 0 Å². The van der Waals surface area contributed by atoms with Gasteiger partial charge in [0.15, 0.2) is 0 Å². The Morgan fingerprint density at radius 1 is 1.16 bits per heavy atom. The molecule has 1 amide bonds. The van der Waals surface area contributed by atoms with Crippen molar-refractivity contribution in [3.8, 4) is 0 Å². The molecule has 106 valence electrons. The fourth-order valence-electron chi connectivity index (χ4n) is 1.90. The van der Waals surface area contributed by atoms with Gasteiger partial charge in [-0.3, -0.25) is 4.79 Å². The highest BCUT2D eigenvalue weighted by Gasteiger charge is 1.99. The lowest BCUT2D eigenvalue weighted by atomic mass is 10.2. The maximum atomic E-state index is 10.6. The molecule has 0 heterocycles. The standard InChI is InChI=1S/C15H25N3O/c1-14(19)17-11-10-16-9-6-12-18(2)13-15-7-4-3-5-8-15/h3-5,7-8,16H,6,9-13H2,1-2H3,(H,17,19). The molecule has 2 N–H and O–H groups in total. The van der Waals surface area contributed by atoms with E-state index in [0.717, 1.165) is 32.6 Å². The molecule has 1 aromatic rings. The number of hydrogen-bond donors (Lipinski definition) is 2. The lowest BCUT2D eigenvalue weighted by molar-refractivity contribution is -0.118. The monoisotopic (exact) mass is 263 g/mol. The Hall–Kier alpha value is -1.39. The van der Waals surface area contributed by atoms with Gasteiger partial charge in [0.25, 0.3) is 0 Å². The maximum Gasteiger partial charge on any atom is 0.216 e. The zero-order chi connectivity index (χ0) is 13.9. The average molecular weight is 263 g/mol. The quantitative estimate of drug-likeness (QED) is 0.659. The molecule has 0 saturated heterocycles. The molecule has 0 fully saturated rings. The molecule has 0 spiro atoms. The Balaban J connectivity index is 1.99. The van der Waals surface area contributed by atoms with Crippen molar-refractivity contribution in [3.63, 3.8) is 0 Å². The van der Waals surface area contributed by atoms with E-state index >= 15 is 0 Å². The third-order valence-corrected chi connectivity index (χ3v) is 2.86. The van der Waals surface area contributed by atoms with Gasteiger partial charge in [-0.25, -0.2) is 0 Å². The Morgan fingerprint density at radius 2 is 1.89 bits per heavy atom. The minimum atomic E-state index is 0.0318. The van der Waals surface area contributed by atoms with Gasteiger partial charge in [0.2, 0.25) is 5.91 Å². The molecule has 0 aliphatic carbocycles. The number of rotatable bonds is 9. The van der Waals surface area contributed by atoms with E-state index in [1.807, 2.05) is 6.07 Å². The normalized spacial score (nSPS) is 10.7. The van der Waals surface area contributed by atoms with Crippen LogP contribution in [-0.4, -0.2) is 44.0 Å². The van der Waals surface area contributed by atoms with Crippen LogP contribution in [0.1, 0.15) is 18.9 Å². The maximum absolute atomic E-state index is 10.6. The van der Waals surface area contributed by atoms with E-state index in [1.54, 1.807) is 6.92 Å². The summed E-state index contributed by atoms with van der Waals surface area (Å²) in [6.07, 6.45) is 1.11. The van der Waals surface area contributed by atoms with Gasteiger partial charge < -0.3 is 15.5 Å². The van der Waals surface area contributed by atoms with Crippen molar-refractivity contribution in [1.29, 1.82) is 0 Å². The molecule has 0 radical (unpaired) electrons. The molecule has 1 rings (SSSR count). The molecule has 4 heteroatoms. The number of amides is 1. The van der Waals surface area contributed by atoms with Crippen LogP contribution < -0.4 is 10.6 Å². The summed E-state index contributed by atoms with van der Waals surface area (Å²) in [5, 5.41) is 6.08. The fraction of sp³-hybridized carbons (Fsp3) is 0.533. The van der Waals surface area contributed by atoms with Crippen molar-refractivity contribution in [2.75, 3.05) is 33.2 Å². The zero-order valence-electron chi connectivity index (χ0n) is 12.0.